The van der Waals surface area contributed by atoms with Crippen LogP contribution in [0.25, 0.3) is 0 Å². The van der Waals surface area contributed by atoms with Crippen molar-refractivity contribution in [1.29, 1.82) is 0 Å². The van der Waals surface area contributed by atoms with Crippen LogP contribution in [0.1, 0.15) is 40.3 Å². The van der Waals surface area contributed by atoms with Crippen molar-refractivity contribution in [2.75, 3.05) is 5.32 Å². The molecule has 0 spiro atoms. The second-order valence-electron chi connectivity index (χ2n) is 4.17. The molecule has 0 bridgehead atoms. The zero-order valence-electron chi connectivity index (χ0n) is 10.9. The molecule has 0 saturated heterocycles. The van der Waals surface area contributed by atoms with E-state index in [-0.39, 0.29) is 11.7 Å². The topological polar surface area (TPSA) is 59.3 Å². The highest BCUT2D eigenvalue weighted by Crippen LogP contribution is 2.18. The van der Waals surface area contributed by atoms with Crippen molar-refractivity contribution in [3.05, 3.63) is 53.5 Å². The van der Waals surface area contributed by atoms with Gasteiger partial charge >= 0.3 is 0 Å². The normalized spacial score (nSPS) is 10.2. The van der Waals surface area contributed by atoms with E-state index in [0.29, 0.717) is 29.0 Å². The largest absolute Gasteiger partial charge is 0.469 e. The first-order chi connectivity index (χ1) is 9.13. The third-order valence-corrected chi connectivity index (χ3v) is 2.87. The quantitative estimate of drug-likeness (QED) is 0.855. The zero-order chi connectivity index (χ0) is 13.8. The Kier molecular flexibility index (Phi) is 3.80. The van der Waals surface area contributed by atoms with Gasteiger partial charge in [-0.15, -0.1) is 0 Å². The van der Waals surface area contributed by atoms with E-state index in [0.717, 1.165) is 0 Å². The summed E-state index contributed by atoms with van der Waals surface area (Å²) in [4.78, 5) is 23.6. The molecule has 0 aliphatic heterocycles. The van der Waals surface area contributed by atoms with Crippen LogP contribution in [0.2, 0.25) is 0 Å². The number of ketones is 1. The molecule has 4 nitrogen and oxygen atoms in total. The minimum Gasteiger partial charge on any atom is -0.469 e. The van der Waals surface area contributed by atoms with Gasteiger partial charge in [0.1, 0.15) is 5.76 Å². The Morgan fingerprint density at radius 2 is 1.89 bits per heavy atom. The van der Waals surface area contributed by atoms with Crippen molar-refractivity contribution in [2.24, 2.45) is 0 Å². The summed E-state index contributed by atoms with van der Waals surface area (Å²) in [5.41, 5.74) is 1.52. The third kappa shape index (κ3) is 2.73. The Bertz CT molecular complexity index is 613. The highest BCUT2D eigenvalue weighted by atomic mass is 16.3. The Balaban J connectivity index is 2.27. The molecule has 1 N–H and O–H groups in total. The summed E-state index contributed by atoms with van der Waals surface area (Å²) >= 11 is 0. The van der Waals surface area contributed by atoms with Gasteiger partial charge in [0.15, 0.2) is 5.78 Å². The number of carbonyl (C=O) groups excluding carboxylic acids is 2. The lowest BCUT2D eigenvalue weighted by molar-refractivity contribution is 0.101. The Morgan fingerprint density at radius 3 is 2.58 bits per heavy atom. The van der Waals surface area contributed by atoms with Crippen LogP contribution < -0.4 is 5.32 Å². The lowest BCUT2D eigenvalue weighted by Gasteiger charge is -2.08. The smallest absolute Gasteiger partial charge is 0.259 e. The SMILES string of the molecule is CCc1occc1C(=O)Nc1ccccc1C(C)=O. The van der Waals surface area contributed by atoms with Crippen molar-refractivity contribution >= 4 is 17.4 Å². The number of anilines is 1. The summed E-state index contributed by atoms with van der Waals surface area (Å²) in [5.74, 6) is 0.288. The lowest BCUT2D eigenvalue weighted by Crippen LogP contribution is -2.14. The van der Waals surface area contributed by atoms with Crippen LogP contribution >= 0.6 is 0 Å². The molecule has 0 aliphatic carbocycles. The standard InChI is InChI=1S/C15H15NO3/c1-3-14-12(8-9-19-14)15(18)16-13-7-5-4-6-11(13)10(2)17/h4-9H,3H2,1-2H3,(H,16,18). The number of aryl methyl sites for hydroxylation is 1. The number of nitrogens with one attached hydrogen (secondary N) is 1. The molecule has 0 fully saturated rings. The van der Waals surface area contributed by atoms with Gasteiger partial charge < -0.3 is 9.73 Å². The van der Waals surface area contributed by atoms with Gasteiger partial charge in [0.05, 0.1) is 17.5 Å². The van der Waals surface area contributed by atoms with Crippen molar-refractivity contribution in [2.45, 2.75) is 20.3 Å². The predicted molar refractivity (Wildman–Crippen MR) is 72.5 cm³/mol. The van der Waals surface area contributed by atoms with E-state index in [1.54, 1.807) is 30.3 Å². The monoisotopic (exact) mass is 257 g/mol. The molecular weight excluding hydrogens is 242 g/mol. The first-order valence-electron chi connectivity index (χ1n) is 6.11. The first kappa shape index (κ1) is 13.1. The summed E-state index contributed by atoms with van der Waals surface area (Å²) in [5, 5.41) is 2.75. The van der Waals surface area contributed by atoms with Crippen molar-refractivity contribution in [3.8, 4) is 0 Å². The van der Waals surface area contributed by atoms with Crippen molar-refractivity contribution < 1.29 is 14.0 Å². The molecule has 19 heavy (non-hydrogen) atoms. The molecule has 2 aromatic rings. The number of rotatable bonds is 4. The molecule has 4 heteroatoms. The van der Waals surface area contributed by atoms with Crippen LogP contribution in [0.3, 0.4) is 0 Å². The fourth-order valence-electron chi connectivity index (χ4n) is 1.91. The molecule has 2 rings (SSSR count). The second kappa shape index (κ2) is 5.52. The van der Waals surface area contributed by atoms with Gasteiger partial charge in [-0.05, 0) is 25.1 Å². The van der Waals surface area contributed by atoms with Gasteiger partial charge in [-0.1, -0.05) is 19.1 Å². The maximum atomic E-state index is 12.1. The first-order valence-corrected chi connectivity index (χ1v) is 6.11. The molecule has 0 aliphatic rings. The fourth-order valence-corrected chi connectivity index (χ4v) is 1.91. The third-order valence-electron chi connectivity index (χ3n) is 2.87. The Labute approximate surface area is 111 Å². The molecule has 98 valence electrons. The van der Waals surface area contributed by atoms with Gasteiger partial charge in [0, 0.05) is 12.0 Å². The number of benzene rings is 1. The van der Waals surface area contributed by atoms with E-state index in [9.17, 15) is 9.59 Å². The van der Waals surface area contributed by atoms with E-state index in [1.807, 2.05) is 6.92 Å². The molecule has 0 radical (unpaired) electrons. The minimum absolute atomic E-state index is 0.0844. The number of Topliss-reactive ketones (excluding diaryl/α,β-unsaturated/α-hetero) is 1. The number of hydrogen-bond donors (Lipinski definition) is 1. The zero-order valence-corrected chi connectivity index (χ0v) is 10.9. The molecule has 1 aromatic heterocycles. The molecule has 0 atom stereocenters. The Morgan fingerprint density at radius 1 is 1.16 bits per heavy atom. The van der Waals surface area contributed by atoms with Crippen LogP contribution in [0, 0.1) is 0 Å². The predicted octanol–water partition coefficient (Wildman–Crippen LogP) is 3.30. The average Bonchev–Trinajstić information content (AvgIpc) is 2.87. The average molecular weight is 257 g/mol. The lowest BCUT2D eigenvalue weighted by atomic mass is 10.1. The van der Waals surface area contributed by atoms with Gasteiger partial charge in [-0.3, -0.25) is 9.59 Å². The maximum Gasteiger partial charge on any atom is 0.259 e. The van der Waals surface area contributed by atoms with Crippen LogP contribution in [0.15, 0.2) is 41.0 Å². The van der Waals surface area contributed by atoms with Crippen LogP contribution in [0.4, 0.5) is 5.69 Å². The van der Waals surface area contributed by atoms with Crippen LogP contribution in [-0.4, -0.2) is 11.7 Å². The van der Waals surface area contributed by atoms with E-state index in [1.165, 1.54) is 13.2 Å². The van der Waals surface area contributed by atoms with Crippen LogP contribution in [-0.2, 0) is 6.42 Å². The van der Waals surface area contributed by atoms with Crippen LogP contribution in [0.5, 0.6) is 0 Å². The Hall–Kier alpha value is -2.36. The fraction of sp³-hybridized carbons (Fsp3) is 0.200. The van der Waals surface area contributed by atoms with Gasteiger partial charge in [-0.2, -0.15) is 0 Å². The van der Waals surface area contributed by atoms with Gasteiger partial charge in [-0.25, -0.2) is 0 Å². The minimum atomic E-state index is -0.265. The maximum absolute atomic E-state index is 12.1. The molecule has 1 heterocycles. The van der Waals surface area contributed by atoms with Crippen molar-refractivity contribution in [3.63, 3.8) is 0 Å². The number of carbonyl (C=O) groups is 2. The van der Waals surface area contributed by atoms with Gasteiger partial charge in [0.25, 0.3) is 5.91 Å². The number of amides is 1. The molecule has 1 aromatic carbocycles. The van der Waals surface area contributed by atoms with E-state index >= 15 is 0 Å². The highest BCUT2D eigenvalue weighted by molar-refractivity contribution is 6.09. The number of furan rings is 1. The molecule has 0 saturated carbocycles. The molecule has 0 unspecified atom stereocenters. The highest BCUT2D eigenvalue weighted by Gasteiger charge is 2.15. The van der Waals surface area contributed by atoms with Gasteiger partial charge in [0.2, 0.25) is 0 Å². The molecular formula is C15H15NO3. The summed E-state index contributed by atoms with van der Waals surface area (Å²) in [6.07, 6.45) is 2.13. The number of para-hydroxylation sites is 1. The number of hydrogen-bond acceptors (Lipinski definition) is 3. The second-order valence-corrected chi connectivity index (χ2v) is 4.17. The summed E-state index contributed by atoms with van der Waals surface area (Å²) in [6, 6.07) is 8.57. The van der Waals surface area contributed by atoms with Crippen molar-refractivity contribution in [1.82, 2.24) is 0 Å². The van der Waals surface area contributed by atoms with E-state index in [4.69, 9.17) is 4.42 Å². The summed E-state index contributed by atoms with van der Waals surface area (Å²) in [7, 11) is 0. The van der Waals surface area contributed by atoms with E-state index in [2.05, 4.69) is 5.32 Å². The molecule has 1 amide bonds. The summed E-state index contributed by atoms with van der Waals surface area (Å²) in [6.45, 7) is 3.39. The van der Waals surface area contributed by atoms with E-state index < -0.39 is 0 Å². The summed E-state index contributed by atoms with van der Waals surface area (Å²) < 4.78 is 5.22.